The third-order valence-electron chi connectivity index (χ3n) is 3.77. The number of nitrogens with zero attached hydrogens (tertiary/aromatic N) is 1. The second-order valence-electron chi connectivity index (χ2n) is 5.58. The van der Waals surface area contributed by atoms with Crippen molar-refractivity contribution in [1.29, 1.82) is 0 Å². The van der Waals surface area contributed by atoms with Crippen LogP contribution in [-0.4, -0.2) is 31.7 Å². The Kier molecular flexibility index (Phi) is 7.07. The highest BCUT2D eigenvalue weighted by molar-refractivity contribution is 6.05. The van der Waals surface area contributed by atoms with E-state index in [0.717, 1.165) is 13.0 Å². The molecule has 1 heterocycles. The van der Waals surface area contributed by atoms with Crippen LogP contribution in [0.15, 0.2) is 36.5 Å². The van der Waals surface area contributed by atoms with Crippen LogP contribution in [0.1, 0.15) is 36.5 Å². The zero-order valence-electron chi connectivity index (χ0n) is 15.0. The predicted molar refractivity (Wildman–Crippen MR) is 99.8 cm³/mol. The summed E-state index contributed by atoms with van der Waals surface area (Å²) < 4.78 is 10.5. The average Bonchev–Trinajstić information content (AvgIpc) is 2.65. The normalized spacial score (nSPS) is 10.2. The molecular formula is C19H25N3O3. The molecule has 6 heteroatoms. The molecular weight excluding hydrogens is 318 g/mol. The highest BCUT2D eigenvalue weighted by Crippen LogP contribution is 2.29. The second kappa shape index (κ2) is 9.52. The van der Waals surface area contributed by atoms with Crippen LogP contribution in [0.4, 0.5) is 11.5 Å². The highest BCUT2D eigenvalue weighted by Gasteiger charge is 2.11. The van der Waals surface area contributed by atoms with Crippen molar-refractivity contribution >= 4 is 17.4 Å². The van der Waals surface area contributed by atoms with Gasteiger partial charge in [0.1, 0.15) is 17.3 Å². The summed E-state index contributed by atoms with van der Waals surface area (Å²) in [5, 5.41) is 6.10. The van der Waals surface area contributed by atoms with E-state index in [0.29, 0.717) is 28.6 Å². The van der Waals surface area contributed by atoms with Crippen LogP contribution in [0, 0.1) is 0 Å². The molecule has 6 nitrogen and oxygen atoms in total. The van der Waals surface area contributed by atoms with E-state index in [9.17, 15) is 4.79 Å². The minimum Gasteiger partial charge on any atom is -0.497 e. The minimum absolute atomic E-state index is 0.220. The van der Waals surface area contributed by atoms with E-state index in [1.54, 1.807) is 50.7 Å². The average molecular weight is 343 g/mol. The lowest BCUT2D eigenvalue weighted by Crippen LogP contribution is -2.13. The highest BCUT2D eigenvalue weighted by atomic mass is 16.5. The zero-order valence-corrected chi connectivity index (χ0v) is 15.0. The number of aromatic nitrogens is 1. The van der Waals surface area contributed by atoms with Gasteiger partial charge in [0.15, 0.2) is 0 Å². The fraction of sp³-hybridized carbons (Fsp3) is 0.368. The van der Waals surface area contributed by atoms with Gasteiger partial charge in [-0.2, -0.15) is 0 Å². The molecule has 0 aliphatic rings. The Labute approximate surface area is 148 Å². The number of amides is 1. The molecule has 0 saturated heterocycles. The van der Waals surface area contributed by atoms with Gasteiger partial charge in [0.25, 0.3) is 5.91 Å². The number of benzene rings is 1. The van der Waals surface area contributed by atoms with Gasteiger partial charge >= 0.3 is 0 Å². The van der Waals surface area contributed by atoms with Crippen molar-refractivity contribution in [3.05, 3.63) is 42.1 Å². The van der Waals surface area contributed by atoms with E-state index in [-0.39, 0.29) is 5.91 Å². The SMILES string of the molecule is CCCCCNc1cc(C(=O)Nc2ccc(OC)cc2OC)ccn1. The molecule has 1 amide bonds. The fourth-order valence-corrected chi connectivity index (χ4v) is 2.36. The summed E-state index contributed by atoms with van der Waals surface area (Å²) in [6.45, 7) is 3.01. The Morgan fingerprint density at radius 1 is 1.12 bits per heavy atom. The van der Waals surface area contributed by atoms with Gasteiger partial charge in [-0.25, -0.2) is 4.98 Å². The summed E-state index contributed by atoms with van der Waals surface area (Å²) in [4.78, 5) is 16.8. The van der Waals surface area contributed by atoms with Crippen molar-refractivity contribution in [2.24, 2.45) is 0 Å². The molecule has 0 fully saturated rings. The van der Waals surface area contributed by atoms with Gasteiger partial charge in [-0.15, -0.1) is 0 Å². The van der Waals surface area contributed by atoms with E-state index in [1.807, 2.05) is 0 Å². The Morgan fingerprint density at radius 3 is 2.68 bits per heavy atom. The molecule has 0 aliphatic heterocycles. The minimum atomic E-state index is -0.220. The van der Waals surface area contributed by atoms with Crippen molar-refractivity contribution in [2.75, 3.05) is 31.4 Å². The lowest BCUT2D eigenvalue weighted by Gasteiger charge is -2.12. The number of nitrogens with one attached hydrogen (secondary N) is 2. The predicted octanol–water partition coefficient (Wildman–Crippen LogP) is 3.95. The topological polar surface area (TPSA) is 72.5 Å². The Hall–Kier alpha value is -2.76. The molecule has 0 atom stereocenters. The third-order valence-corrected chi connectivity index (χ3v) is 3.77. The molecule has 0 aliphatic carbocycles. The summed E-state index contributed by atoms with van der Waals surface area (Å²) in [6, 6.07) is 8.68. The maximum absolute atomic E-state index is 12.5. The molecule has 2 rings (SSSR count). The number of rotatable bonds is 9. The van der Waals surface area contributed by atoms with Gasteiger partial charge in [0.2, 0.25) is 0 Å². The largest absolute Gasteiger partial charge is 0.497 e. The van der Waals surface area contributed by atoms with Gasteiger partial charge in [-0.3, -0.25) is 4.79 Å². The van der Waals surface area contributed by atoms with Gasteiger partial charge in [-0.1, -0.05) is 19.8 Å². The molecule has 2 N–H and O–H groups in total. The molecule has 0 saturated carbocycles. The standard InChI is InChI=1S/C19H25N3O3/c1-4-5-6-10-20-18-12-14(9-11-21-18)19(23)22-16-8-7-15(24-2)13-17(16)25-3/h7-9,11-13H,4-6,10H2,1-3H3,(H,20,21)(H,22,23). The molecule has 134 valence electrons. The summed E-state index contributed by atoms with van der Waals surface area (Å²) in [6.07, 6.45) is 5.05. The van der Waals surface area contributed by atoms with Gasteiger partial charge in [0.05, 0.1) is 19.9 Å². The molecule has 1 aromatic carbocycles. The second-order valence-corrected chi connectivity index (χ2v) is 5.58. The quantitative estimate of drug-likeness (QED) is 0.675. The number of hydrogen-bond acceptors (Lipinski definition) is 5. The van der Waals surface area contributed by atoms with Gasteiger partial charge in [0, 0.05) is 24.4 Å². The smallest absolute Gasteiger partial charge is 0.255 e. The number of anilines is 2. The van der Waals surface area contributed by atoms with Crippen LogP contribution in [0.3, 0.4) is 0 Å². The van der Waals surface area contributed by atoms with Gasteiger partial charge in [-0.05, 0) is 30.7 Å². The molecule has 0 unspecified atom stereocenters. The van der Waals surface area contributed by atoms with Crippen LogP contribution in [-0.2, 0) is 0 Å². The van der Waals surface area contributed by atoms with Crippen LogP contribution in [0.25, 0.3) is 0 Å². The maximum Gasteiger partial charge on any atom is 0.255 e. The Balaban J connectivity index is 2.05. The maximum atomic E-state index is 12.5. The van der Waals surface area contributed by atoms with Crippen LogP contribution >= 0.6 is 0 Å². The third kappa shape index (κ3) is 5.38. The fourth-order valence-electron chi connectivity index (χ4n) is 2.36. The first-order valence-electron chi connectivity index (χ1n) is 8.41. The van der Waals surface area contributed by atoms with Gasteiger partial charge < -0.3 is 20.1 Å². The monoisotopic (exact) mass is 343 g/mol. The Morgan fingerprint density at radius 2 is 1.96 bits per heavy atom. The molecule has 0 bridgehead atoms. The number of pyridine rings is 1. The number of methoxy groups -OCH3 is 2. The van der Waals surface area contributed by atoms with Crippen molar-refractivity contribution in [3.8, 4) is 11.5 Å². The van der Waals surface area contributed by atoms with E-state index in [1.165, 1.54) is 12.8 Å². The number of carbonyl (C=O) groups is 1. The van der Waals surface area contributed by atoms with Crippen molar-refractivity contribution in [1.82, 2.24) is 4.98 Å². The lowest BCUT2D eigenvalue weighted by molar-refractivity contribution is 0.102. The first-order valence-corrected chi connectivity index (χ1v) is 8.41. The number of carbonyl (C=O) groups excluding carboxylic acids is 1. The summed E-state index contributed by atoms with van der Waals surface area (Å²) in [5.41, 5.74) is 1.12. The number of ether oxygens (including phenoxy) is 2. The first-order chi connectivity index (χ1) is 12.2. The van der Waals surface area contributed by atoms with E-state index in [4.69, 9.17) is 9.47 Å². The number of hydrogen-bond donors (Lipinski definition) is 2. The van der Waals surface area contributed by atoms with E-state index in [2.05, 4.69) is 22.5 Å². The molecule has 1 aromatic heterocycles. The van der Waals surface area contributed by atoms with E-state index < -0.39 is 0 Å². The summed E-state index contributed by atoms with van der Waals surface area (Å²) in [5.74, 6) is 1.69. The van der Waals surface area contributed by atoms with Crippen molar-refractivity contribution in [3.63, 3.8) is 0 Å². The summed E-state index contributed by atoms with van der Waals surface area (Å²) >= 11 is 0. The molecule has 25 heavy (non-hydrogen) atoms. The van der Waals surface area contributed by atoms with Crippen LogP contribution < -0.4 is 20.1 Å². The first kappa shape index (κ1) is 18.6. The molecule has 0 radical (unpaired) electrons. The zero-order chi connectivity index (χ0) is 18.1. The van der Waals surface area contributed by atoms with Crippen molar-refractivity contribution in [2.45, 2.75) is 26.2 Å². The van der Waals surface area contributed by atoms with Crippen molar-refractivity contribution < 1.29 is 14.3 Å². The van der Waals surface area contributed by atoms with Crippen LogP contribution in [0.5, 0.6) is 11.5 Å². The number of unbranched alkanes of at least 4 members (excludes halogenated alkanes) is 2. The molecule has 2 aromatic rings. The lowest BCUT2D eigenvalue weighted by atomic mass is 10.2. The van der Waals surface area contributed by atoms with E-state index >= 15 is 0 Å². The summed E-state index contributed by atoms with van der Waals surface area (Å²) in [7, 11) is 3.13. The Bertz CT molecular complexity index is 704. The van der Waals surface area contributed by atoms with Crippen LogP contribution in [0.2, 0.25) is 0 Å². The molecule has 0 spiro atoms.